The number of nitrogens with one attached hydrogen (secondary N) is 2. The van der Waals surface area contributed by atoms with Crippen LogP contribution < -0.4 is 15.4 Å². The van der Waals surface area contributed by atoms with Crippen molar-refractivity contribution in [1.82, 2.24) is 15.6 Å². The van der Waals surface area contributed by atoms with Gasteiger partial charge in [0.2, 0.25) is 5.88 Å². The van der Waals surface area contributed by atoms with E-state index in [0.717, 1.165) is 19.1 Å². The van der Waals surface area contributed by atoms with E-state index in [9.17, 15) is 13.2 Å². The van der Waals surface area contributed by atoms with E-state index in [-0.39, 0.29) is 60.2 Å². The van der Waals surface area contributed by atoms with Gasteiger partial charge < -0.3 is 24.8 Å². The highest BCUT2D eigenvalue weighted by atomic mass is 127. The molecule has 2 unspecified atom stereocenters. The van der Waals surface area contributed by atoms with Gasteiger partial charge in [-0.2, -0.15) is 13.2 Å². The summed E-state index contributed by atoms with van der Waals surface area (Å²) in [6.45, 7) is 6.83. The molecule has 0 aliphatic carbocycles. The van der Waals surface area contributed by atoms with Crippen molar-refractivity contribution >= 4 is 41.5 Å². The number of pyridine rings is 1. The van der Waals surface area contributed by atoms with Crippen LogP contribution in [0.5, 0.6) is 5.88 Å². The molecular weight excluding hydrogens is 540 g/mol. The third-order valence-electron chi connectivity index (χ3n) is 3.93. The van der Waals surface area contributed by atoms with Crippen molar-refractivity contribution in [1.29, 1.82) is 0 Å². The monoisotopic (exact) mass is 566 g/mol. The minimum atomic E-state index is -4.50. The molecule has 30 heavy (non-hydrogen) atoms. The van der Waals surface area contributed by atoms with Gasteiger partial charge >= 0.3 is 6.18 Å². The van der Waals surface area contributed by atoms with Crippen LogP contribution in [0.1, 0.15) is 25.8 Å². The van der Waals surface area contributed by atoms with Gasteiger partial charge in [-0.1, -0.05) is 11.6 Å². The standard InChI is InChI=1S/C18H26ClF3N4O3.HI/c1-3-23-17(26-12(2)10-29-14-4-6-27-11-14)24-5-7-28-16-15(19)8-13(9-25-16)18(20,21)22;/h8-9,12,14H,3-7,10-11H2,1-2H3,(H2,23,24,26);1H. The second-order valence-electron chi connectivity index (χ2n) is 6.48. The second kappa shape index (κ2) is 13.4. The van der Waals surface area contributed by atoms with Gasteiger partial charge in [0, 0.05) is 25.4 Å². The molecule has 2 N–H and O–H groups in total. The van der Waals surface area contributed by atoms with Crippen molar-refractivity contribution in [2.45, 2.75) is 38.6 Å². The molecule has 1 aliphatic heterocycles. The van der Waals surface area contributed by atoms with Crippen LogP contribution in [0.4, 0.5) is 13.2 Å². The molecule has 1 aromatic heterocycles. The Kier molecular flexibility index (Phi) is 12.0. The Balaban J connectivity index is 0.00000450. The van der Waals surface area contributed by atoms with Crippen molar-refractivity contribution in [2.24, 2.45) is 4.99 Å². The lowest BCUT2D eigenvalue weighted by atomic mass is 10.3. The van der Waals surface area contributed by atoms with Gasteiger partial charge in [0.15, 0.2) is 5.96 Å². The Morgan fingerprint density at radius 2 is 2.23 bits per heavy atom. The van der Waals surface area contributed by atoms with Crippen LogP contribution in [0.15, 0.2) is 17.3 Å². The first-order chi connectivity index (χ1) is 13.8. The van der Waals surface area contributed by atoms with Gasteiger partial charge in [0.1, 0.15) is 11.6 Å². The largest absolute Gasteiger partial charge is 0.475 e. The number of guanidine groups is 1. The molecule has 1 aliphatic rings. The lowest BCUT2D eigenvalue weighted by Crippen LogP contribution is -2.44. The third-order valence-corrected chi connectivity index (χ3v) is 4.20. The van der Waals surface area contributed by atoms with Crippen molar-refractivity contribution in [3.8, 4) is 5.88 Å². The van der Waals surface area contributed by atoms with Gasteiger partial charge in [-0.05, 0) is 26.3 Å². The van der Waals surface area contributed by atoms with E-state index in [1.54, 1.807) is 0 Å². The minimum Gasteiger partial charge on any atom is -0.475 e. The van der Waals surface area contributed by atoms with E-state index >= 15 is 0 Å². The Morgan fingerprint density at radius 1 is 1.47 bits per heavy atom. The molecule has 2 heterocycles. The number of alkyl halides is 3. The smallest absolute Gasteiger partial charge is 0.417 e. The van der Waals surface area contributed by atoms with E-state index in [1.165, 1.54) is 0 Å². The zero-order valence-electron chi connectivity index (χ0n) is 16.8. The topological polar surface area (TPSA) is 77.0 Å². The molecule has 0 bridgehead atoms. The number of ether oxygens (including phenoxy) is 3. The summed E-state index contributed by atoms with van der Waals surface area (Å²) in [5, 5.41) is 6.14. The Labute approximate surface area is 196 Å². The first-order valence-electron chi connectivity index (χ1n) is 9.39. The highest BCUT2D eigenvalue weighted by molar-refractivity contribution is 14.0. The fourth-order valence-corrected chi connectivity index (χ4v) is 2.73. The van der Waals surface area contributed by atoms with Crippen LogP contribution in [0.2, 0.25) is 5.02 Å². The van der Waals surface area contributed by atoms with Crippen LogP contribution in [0.3, 0.4) is 0 Å². The molecule has 2 atom stereocenters. The van der Waals surface area contributed by atoms with Crippen LogP contribution in [0, 0.1) is 0 Å². The lowest BCUT2D eigenvalue weighted by Gasteiger charge is -2.19. The predicted molar refractivity (Wildman–Crippen MR) is 119 cm³/mol. The van der Waals surface area contributed by atoms with Crippen molar-refractivity contribution in [3.63, 3.8) is 0 Å². The van der Waals surface area contributed by atoms with Crippen molar-refractivity contribution in [3.05, 3.63) is 22.8 Å². The Hall–Kier alpha value is -1.05. The first-order valence-corrected chi connectivity index (χ1v) is 9.77. The van der Waals surface area contributed by atoms with Gasteiger partial charge in [-0.15, -0.1) is 24.0 Å². The van der Waals surface area contributed by atoms with Crippen LogP contribution >= 0.6 is 35.6 Å². The number of hydrogen-bond acceptors (Lipinski definition) is 5. The molecule has 12 heteroatoms. The molecule has 7 nitrogen and oxygen atoms in total. The molecule has 2 rings (SSSR count). The second-order valence-corrected chi connectivity index (χ2v) is 6.89. The van der Waals surface area contributed by atoms with Crippen molar-refractivity contribution in [2.75, 3.05) is 39.5 Å². The van der Waals surface area contributed by atoms with Crippen LogP contribution in [-0.2, 0) is 15.7 Å². The van der Waals surface area contributed by atoms with Gasteiger partial charge in [0.25, 0.3) is 0 Å². The number of rotatable bonds is 9. The SMILES string of the molecule is CCNC(=NCCOc1ncc(C(F)(F)F)cc1Cl)NC(C)COC1CCOC1.I. The molecule has 1 fully saturated rings. The fourth-order valence-electron chi connectivity index (χ4n) is 2.51. The number of aromatic nitrogens is 1. The van der Waals surface area contributed by atoms with E-state index in [0.29, 0.717) is 31.9 Å². The number of nitrogens with zero attached hydrogens (tertiary/aromatic N) is 2. The highest BCUT2D eigenvalue weighted by Crippen LogP contribution is 2.32. The summed E-state index contributed by atoms with van der Waals surface area (Å²) < 4.78 is 54.3. The maximum Gasteiger partial charge on any atom is 0.417 e. The van der Waals surface area contributed by atoms with E-state index < -0.39 is 11.7 Å². The number of aliphatic imine (C=N–C) groups is 1. The quantitative estimate of drug-likeness (QED) is 0.206. The summed E-state index contributed by atoms with van der Waals surface area (Å²) in [4.78, 5) is 8.00. The normalized spacial score (nSPS) is 17.9. The molecule has 0 saturated carbocycles. The number of halogens is 5. The summed E-state index contributed by atoms with van der Waals surface area (Å²) in [5.74, 6) is 0.523. The first kappa shape index (κ1) is 27.0. The highest BCUT2D eigenvalue weighted by Gasteiger charge is 2.31. The summed E-state index contributed by atoms with van der Waals surface area (Å²) in [6, 6.07) is 0.816. The Bertz CT molecular complexity index is 677. The van der Waals surface area contributed by atoms with Crippen molar-refractivity contribution < 1.29 is 27.4 Å². The predicted octanol–water partition coefficient (Wildman–Crippen LogP) is 3.50. The van der Waals surface area contributed by atoms with E-state index in [2.05, 4.69) is 20.6 Å². The molecular formula is C18H27ClF3IN4O3. The average Bonchev–Trinajstić information content (AvgIpc) is 3.17. The molecule has 0 spiro atoms. The number of hydrogen-bond donors (Lipinski definition) is 2. The molecule has 0 amide bonds. The fraction of sp³-hybridized carbons (Fsp3) is 0.667. The molecule has 0 radical (unpaired) electrons. The van der Waals surface area contributed by atoms with Gasteiger partial charge in [-0.25, -0.2) is 9.98 Å². The molecule has 1 saturated heterocycles. The molecule has 172 valence electrons. The molecule has 0 aromatic carbocycles. The van der Waals surface area contributed by atoms with E-state index in [4.69, 9.17) is 25.8 Å². The maximum absolute atomic E-state index is 12.6. The summed E-state index contributed by atoms with van der Waals surface area (Å²) in [5.41, 5.74) is -0.924. The van der Waals surface area contributed by atoms with Crippen LogP contribution in [0.25, 0.3) is 0 Å². The third kappa shape index (κ3) is 9.40. The maximum atomic E-state index is 12.6. The summed E-state index contributed by atoms with van der Waals surface area (Å²) in [7, 11) is 0. The summed E-state index contributed by atoms with van der Waals surface area (Å²) in [6.07, 6.45) is -2.78. The minimum absolute atomic E-state index is 0. The zero-order chi connectivity index (χ0) is 21.3. The van der Waals surface area contributed by atoms with Crippen LogP contribution in [-0.4, -0.2) is 62.6 Å². The summed E-state index contributed by atoms with van der Waals surface area (Å²) >= 11 is 5.81. The zero-order valence-corrected chi connectivity index (χ0v) is 19.9. The average molecular weight is 567 g/mol. The van der Waals surface area contributed by atoms with E-state index in [1.807, 2.05) is 13.8 Å². The lowest BCUT2D eigenvalue weighted by molar-refractivity contribution is -0.137. The Morgan fingerprint density at radius 3 is 2.83 bits per heavy atom. The van der Waals surface area contributed by atoms with Gasteiger partial charge in [0.05, 0.1) is 31.4 Å². The molecule has 1 aromatic rings. The van der Waals surface area contributed by atoms with Gasteiger partial charge in [-0.3, -0.25) is 0 Å².